The third kappa shape index (κ3) is 4.43. The van der Waals surface area contributed by atoms with Gasteiger partial charge in [0.1, 0.15) is 5.92 Å². The van der Waals surface area contributed by atoms with Crippen molar-refractivity contribution in [3.63, 3.8) is 0 Å². The fourth-order valence-corrected chi connectivity index (χ4v) is 4.44. The first kappa shape index (κ1) is 22.1. The Hall–Kier alpha value is -2.21. The van der Waals surface area contributed by atoms with Crippen LogP contribution in [0, 0.1) is 11.3 Å². The van der Waals surface area contributed by atoms with E-state index in [0.29, 0.717) is 5.71 Å². The molecule has 5 nitrogen and oxygen atoms in total. The number of hydrogen-bond donors (Lipinski definition) is 0. The maximum atomic E-state index is 12.8. The summed E-state index contributed by atoms with van der Waals surface area (Å²) in [5.41, 5.74) is 3.93. The maximum absolute atomic E-state index is 12.8. The molecule has 1 aliphatic heterocycles. The topological polar surface area (TPSA) is 65.0 Å². The SMILES string of the molecule is COC(=O)C1C(C)=NCC(C)(C(=O)OC)C1c1ccccc1C=C[Si](C)(C)C. The molecule has 0 fully saturated rings. The number of hydrogen-bond acceptors (Lipinski definition) is 5. The fourth-order valence-electron chi connectivity index (χ4n) is 3.76. The van der Waals surface area contributed by atoms with Gasteiger partial charge in [0.25, 0.3) is 0 Å². The molecule has 3 atom stereocenters. The first-order valence-electron chi connectivity index (χ1n) is 9.50. The lowest BCUT2D eigenvalue weighted by molar-refractivity contribution is -0.155. The predicted octanol–water partition coefficient (Wildman–Crippen LogP) is 4.10. The van der Waals surface area contributed by atoms with Gasteiger partial charge in [-0.15, -0.1) is 0 Å². The predicted molar refractivity (Wildman–Crippen MR) is 115 cm³/mol. The van der Waals surface area contributed by atoms with Gasteiger partial charge in [-0.25, -0.2) is 0 Å². The zero-order valence-electron chi connectivity index (χ0n) is 17.9. The largest absolute Gasteiger partial charge is 0.469 e. The van der Waals surface area contributed by atoms with E-state index in [4.69, 9.17) is 9.47 Å². The monoisotopic (exact) mass is 401 g/mol. The van der Waals surface area contributed by atoms with Crippen molar-refractivity contribution in [2.24, 2.45) is 16.3 Å². The van der Waals surface area contributed by atoms with Crippen molar-refractivity contribution in [2.45, 2.75) is 39.4 Å². The fraction of sp³-hybridized carbons (Fsp3) is 0.500. The summed E-state index contributed by atoms with van der Waals surface area (Å²) < 4.78 is 10.2. The van der Waals surface area contributed by atoms with Crippen molar-refractivity contribution < 1.29 is 19.1 Å². The third-order valence-corrected chi connectivity index (χ3v) is 6.49. The number of rotatable bonds is 5. The average Bonchev–Trinajstić information content (AvgIpc) is 2.66. The van der Waals surface area contributed by atoms with Crippen LogP contribution in [0.25, 0.3) is 6.08 Å². The van der Waals surface area contributed by atoms with Gasteiger partial charge in [-0.2, -0.15) is 0 Å². The molecule has 0 bridgehead atoms. The minimum Gasteiger partial charge on any atom is -0.469 e. The van der Waals surface area contributed by atoms with Crippen LogP contribution >= 0.6 is 0 Å². The molecule has 0 spiro atoms. The molecule has 1 aliphatic rings. The van der Waals surface area contributed by atoms with Gasteiger partial charge < -0.3 is 9.47 Å². The van der Waals surface area contributed by atoms with Crippen LogP contribution in [0.2, 0.25) is 19.6 Å². The van der Waals surface area contributed by atoms with E-state index < -0.39 is 25.3 Å². The average molecular weight is 402 g/mol. The molecular weight excluding hydrogens is 370 g/mol. The van der Waals surface area contributed by atoms with Gasteiger partial charge in [0.15, 0.2) is 0 Å². The molecule has 6 heteroatoms. The van der Waals surface area contributed by atoms with Crippen molar-refractivity contribution in [2.75, 3.05) is 20.8 Å². The summed E-state index contributed by atoms with van der Waals surface area (Å²) >= 11 is 0. The molecule has 0 aliphatic carbocycles. The van der Waals surface area contributed by atoms with Crippen LogP contribution in [0.1, 0.15) is 30.9 Å². The van der Waals surface area contributed by atoms with E-state index >= 15 is 0 Å². The summed E-state index contributed by atoms with van der Waals surface area (Å²) in [5, 5.41) is 0. The van der Waals surface area contributed by atoms with Gasteiger partial charge in [0, 0.05) is 11.6 Å². The zero-order chi connectivity index (χ0) is 21.1. The Morgan fingerprint density at radius 3 is 2.39 bits per heavy atom. The van der Waals surface area contributed by atoms with Crippen molar-refractivity contribution in [3.8, 4) is 0 Å². The molecule has 1 aromatic rings. The summed E-state index contributed by atoms with van der Waals surface area (Å²) in [6, 6.07) is 7.93. The molecule has 2 rings (SSSR count). The van der Waals surface area contributed by atoms with Crippen LogP contribution in [-0.4, -0.2) is 46.5 Å². The van der Waals surface area contributed by atoms with Crippen molar-refractivity contribution in [1.29, 1.82) is 0 Å². The van der Waals surface area contributed by atoms with E-state index in [9.17, 15) is 9.59 Å². The summed E-state index contributed by atoms with van der Waals surface area (Å²) in [6.07, 6.45) is 2.12. The van der Waals surface area contributed by atoms with Gasteiger partial charge in [-0.3, -0.25) is 14.6 Å². The lowest BCUT2D eigenvalue weighted by Crippen LogP contribution is -2.49. The highest BCUT2D eigenvalue weighted by atomic mass is 28.3. The van der Waals surface area contributed by atoms with Gasteiger partial charge in [0.2, 0.25) is 0 Å². The second kappa shape index (κ2) is 8.43. The van der Waals surface area contributed by atoms with Gasteiger partial charge in [-0.05, 0) is 25.0 Å². The van der Waals surface area contributed by atoms with E-state index in [1.165, 1.54) is 14.2 Å². The molecule has 1 heterocycles. The lowest BCUT2D eigenvalue weighted by atomic mass is 9.63. The van der Waals surface area contributed by atoms with E-state index in [2.05, 4.69) is 36.4 Å². The van der Waals surface area contributed by atoms with Crippen LogP contribution in [0.15, 0.2) is 35.0 Å². The number of esters is 2. The number of carbonyl (C=O) groups excluding carboxylic acids is 2. The van der Waals surface area contributed by atoms with Crippen molar-refractivity contribution >= 4 is 31.8 Å². The Balaban J connectivity index is 2.72. The Labute approximate surface area is 168 Å². The van der Waals surface area contributed by atoms with Crippen molar-refractivity contribution in [3.05, 3.63) is 41.1 Å². The second-order valence-corrected chi connectivity index (χ2v) is 13.7. The molecule has 0 saturated heterocycles. The first-order valence-corrected chi connectivity index (χ1v) is 13.1. The minimum absolute atomic E-state index is 0.274. The summed E-state index contributed by atoms with van der Waals surface area (Å²) in [4.78, 5) is 30.0. The molecule has 28 heavy (non-hydrogen) atoms. The molecule has 0 amide bonds. The van der Waals surface area contributed by atoms with E-state index in [0.717, 1.165) is 11.1 Å². The molecule has 0 saturated carbocycles. The highest BCUT2D eigenvalue weighted by Gasteiger charge is 2.53. The first-order chi connectivity index (χ1) is 13.0. The van der Waals surface area contributed by atoms with Crippen LogP contribution in [0.5, 0.6) is 0 Å². The summed E-state index contributed by atoms with van der Waals surface area (Å²) in [6.45, 7) is 10.7. The number of benzene rings is 1. The van der Waals surface area contributed by atoms with Crippen LogP contribution < -0.4 is 0 Å². The standard InChI is InChI=1S/C22H31NO4Si/c1-15-18(20(24)26-3)19(22(2,14-23-15)21(25)27-4)17-11-9-8-10-16(17)12-13-28(5,6)7/h8-13,18-19H,14H2,1-7H3. The molecule has 0 aromatic heterocycles. The third-order valence-electron chi connectivity index (χ3n) is 5.33. The highest BCUT2D eigenvalue weighted by Crippen LogP contribution is 2.47. The molecular formula is C22H31NO4Si. The quantitative estimate of drug-likeness (QED) is 0.550. The van der Waals surface area contributed by atoms with Crippen LogP contribution in [0.3, 0.4) is 0 Å². The van der Waals surface area contributed by atoms with Gasteiger partial charge >= 0.3 is 11.9 Å². The number of ether oxygens (including phenoxy) is 2. The molecule has 152 valence electrons. The molecule has 0 N–H and O–H groups in total. The van der Waals surface area contributed by atoms with Gasteiger partial charge in [-0.1, -0.05) is 55.7 Å². The van der Waals surface area contributed by atoms with Gasteiger partial charge in [0.05, 0.1) is 34.3 Å². The maximum Gasteiger partial charge on any atom is 0.315 e. The van der Waals surface area contributed by atoms with Crippen molar-refractivity contribution in [1.82, 2.24) is 0 Å². The number of aliphatic imine (C=N–C) groups is 1. The Kier molecular flexibility index (Phi) is 6.65. The summed E-state index contributed by atoms with van der Waals surface area (Å²) in [7, 11) is 1.32. The molecule has 1 aromatic carbocycles. The molecule has 3 unspecified atom stereocenters. The number of methoxy groups -OCH3 is 2. The minimum atomic E-state index is -1.42. The Bertz CT molecular complexity index is 809. The summed E-state index contributed by atoms with van der Waals surface area (Å²) in [5.74, 6) is -1.81. The van der Waals surface area contributed by atoms with E-state index in [1.54, 1.807) is 0 Å². The Morgan fingerprint density at radius 2 is 1.82 bits per heavy atom. The van der Waals surface area contributed by atoms with Crippen LogP contribution in [-0.2, 0) is 19.1 Å². The zero-order valence-corrected chi connectivity index (χ0v) is 18.9. The van der Waals surface area contributed by atoms with E-state index in [-0.39, 0.29) is 18.5 Å². The lowest BCUT2D eigenvalue weighted by Gasteiger charge is -2.42. The second-order valence-electron chi connectivity index (χ2n) is 8.67. The van der Waals surface area contributed by atoms with E-state index in [1.807, 2.05) is 38.1 Å². The number of nitrogens with zero attached hydrogens (tertiary/aromatic N) is 1. The van der Waals surface area contributed by atoms with Crippen LogP contribution in [0.4, 0.5) is 0 Å². The number of carbonyl (C=O) groups is 2. The molecule has 0 radical (unpaired) electrons. The smallest absolute Gasteiger partial charge is 0.315 e. The Morgan fingerprint density at radius 1 is 1.18 bits per heavy atom. The normalized spacial score (nSPS) is 25.3. The highest BCUT2D eigenvalue weighted by molar-refractivity contribution is 6.81.